The summed E-state index contributed by atoms with van der Waals surface area (Å²) in [6.45, 7) is 5.80. The van der Waals surface area contributed by atoms with Crippen LogP contribution < -0.4 is 10.1 Å². The van der Waals surface area contributed by atoms with Crippen LogP contribution >= 0.6 is 15.9 Å². The molecule has 0 saturated carbocycles. The van der Waals surface area contributed by atoms with Crippen LogP contribution in [0.15, 0.2) is 22.7 Å². The number of methoxy groups -OCH3 is 1. The maximum atomic E-state index is 6.02. The highest BCUT2D eigenvalue weighted by Crippen LogP contribution is 2.35. The summed E-state index contributed by atoms with van der Waals surface area (Å²) in [5.74, 6) is 0.882. The van der Waals surface area contributed by atoms with Crippen molar-refractivity contribution in [2.75, 3.05) is 40.4 Å². The number of hydrogen-bond acceptors (Lipinski definition) is 4. The molecule has 1 fully saturated rings. The summed E-state index contributed by atoms with van der Waals surface area (Å²) in [5.41, 5.74) is 1.22. The first-order chi connectivity index (χ1) is 10.2. The monoisotopic (exact) mass is 356 g/mol. The minimum atomic E-state index is 0.152. The largest absolute Gasteiger partial charge is 0.497 e. The van der Waals surface area contributed by atoms with Crippen molar-refractivity contribution in [3.05, 3.63) is 28.2 Å². The van der Waals surface area contributed by atoms with Gasteiger partial charge in [0.15, 0.2) is 0 Å². The van der Waals surface area contributed by atoms with Crippen LogP contribution in [0.2, 0.25) is 0 Å². The van der Waals surface area contributed by atoms with Crippen LogP contribution in [0.3, 0.4) is 0 Å². The van der Waals surface area contributed by atoms with Gasteiger partial charge in [0.05, 0.1) is 25.9 Å². The summed E-state index contributed by atoms with van der Waals surface area (Å²) in [5, 5.41) is 3.47. The lowest BCUT2D eigenvalue weighted by Gasteiger charge is -2.40. The zero-order valence-corrected chi connectivity index (χ0v) is 14.6. The lowest BCUT2D eigenvalue weighted by molar-refractivity contribution is -0.0615. The van der Waals surface area contributed by atoms with Gasteiger partial charge >= 0.3 is 0 Å². The van der Waals surface area contributed by atoms with E-state index in [0.29, 0.717) is 0 Å². The van der Waals surface area contributed by atoms with E-state index >= 15 is 0 Å². The van der Waals surface area contributed by atoms with Gasteiger partial charge in [-0.25, -0.2) is 0 Å². The Hall–Kier alpha value is -0.620. The standard InChI is InChI=1S/C16H25BrN2O2/c1-4-7-18-11-15-16(19(2)8-9-21-15)13-10-12(20-3)5-6-14(13)17/h5-6,10,15-16,18H,4,7-9,11H2,1-3H3. The molecule has 0 spiro atoms. The highest BCUT2D eigenvalue weighted by atomic mass is 79.9. The maximum absolute atomic E-state index is 6.02. The Bertz CT molecular complexity index is 456. The van der Waals surface area contributed by atoms with Gasteiger partial charge in [-0.3, -0.25) is 4.90 Å². The Balaban J connectivity index is 2.22. The second kappa shape index (κ2) is 8.13. The van der Waals surface area contributed by atoms with E-state index in [1.165, 1.54) is 5.56 Å². The van der Waals surface area contributed by atoms with Crippen molar-refractivity contribution >= 4 is 15.9 Å². The molecule has 1 aromatic carbocycles. The molecule has 0 bridgehead atoms. The molecule has 21 heavy (non-hydrogen) atoms. The minimum absolute atomic E-state index is 0.152. The van der Waals surface area contributed by atoms with Crippen LogP contribution in [0.5, 0.6) is 5.75 Å². The van der Waals surface area contributed by atoms with Crippen LogP contribution in [0.1, 0.15) is 24.9 Å². The van der Waals surface area contributed by atoms with E-state index in [-0.39, 0.29) is 12.1 Å². The molecule has 1 aliphatic rings. The van der Waals surface area contributed by atoms with Gasteiger partial charge in [0, 0.05) is 17.6 Å². The Labute approximate surface area is 135 Å². The highest BCUT2D eigenvalue weighted by molar-refractivity contribution is 9.10. The number of nitrogens with zero attached hydrogens (tertiary/aromatic N) is 1. The number of benzene rings is 1. The average Bonchev–Trinajstić information content (AvgIpc) is 2.49. The number of morpholine rings is 1. The number of rotatable bonds is 6. The molecule has 1 N–H and O–H groups in total. The van der Waals surface area contributed by atoms with E-state index in [4.69, 9.17) is 9.47 Å². The van der Waals surface area contributed by atoms with E-state index in [1.807, 2.05) is 12.1 Å². The molecule has 1 aromatic rings. The molecule has 2 atom stereocenters. The predicted molar refractivity (Wildman–Crippen MR) is 89.0 cm³/mol. The summed E-state index contributed by atoms with van der Waals surface area (Å²) < 4.78 is 12.5. The molecule has 118 valence electrons. The molecule has 0 amide bonds. The molecule has 0 aliphatic carbocycles. The van der Waals surface area contributed by atoms with E-state index < -0.39 is 0 Å². The van der Waals surface area contributed by atoms with Crippen molar-refractivity contribution in [2.24, 2.45) is 0 Å². The zero-order valence-electron chi connectivity index (χ0n) is 13.1. The molecule has 2 rings (SSSR count). The van der Waals surface area contributed by atoms with Crippen molar-refractivity contribution in [3.8, 4) is 5.75 Å². The van der Waals surface area contributed by atoms with Crippen molar-refractivity contribution in [1.29, 1.82) is 0 Å². The summed E-state index contributed by atoms with van der Waals surface area (Å²) in [6, 6.07) is 6.36. The Kier molecular flexibility index (Phi) is 6.48. The minimum Gasteiger partial charge on any atom is -0.497 e. The van der Waals surface area contributed by atoms with Gasteiger partial charge in [-0.15, -0.1) is 0 Å². The summed E-state index contributed by atoms with van der Waals surface area (Å²) in [6.07, 6.45) is 1.29. The van der Waals surface area contributed by atoms with E-state index in [0.717, 1.165) is 42.9 Å². The highest BCUT2D eigenvalue weighted by Gasteiger charge is 2.32. The van der Waals surface area contributed by atoms with Crippen LogP contribution in [0.25, 0.3) is 0 Å². The molecule has 1 heterocycles. The first kappa shape index (κ1) is 16.7. The smallest absolute Gasteiger partial charge is 0.119 e. The molecule has 2 unspecified atom stereocenters. The number of halogens is 1. The number of hydrogen-bond donors (Lipinski definition) is 1. The van der Waals surface area contributed by atoms with Gasteiger partial charge in [-0.1, -0.05) is 22.9 Å². The fourth-order valence-corrected chi connectivity index (χ4v) is 3.25. The maximum Gasteiger partial charge on any atom is 0.119 e. The quantitative estimate of drug-likeness (QED) is 0.794. The molecule has 0 aromatic heterocycles. The molecular formula is C16H25BrN2O2. The third kappa shape index (κ3) is 4.19. The summed E-state index contributed by atoms with van der Waals surface area (Å²) >= 11 is 3.67. The average molecular weight is 357 g/mol. The molecule has 4 nitrogen and oxygen atoms in total. The van der Waals surface area contributed by atoms with Gasteiger partial charge in [-0.05, 0) is 43.8 Å². The summed E-state index contributed by atoms with van der Waals surface area (Å²) in [4.78, 5) is 2.36. The second-order valence-corrected chi connectivity index (χ2v) is 6.28. The molecule has 5 heteroatoms. The van der Waals surface area contributed by atoms with Crippen molar-refractivity contribution in [3.63, 3.8) is 0 Å². The number of nitrogens with one attached hydrogen (secondary N) is 1. The molecular weight excluding hydrogens is 332 g/mol. The second-order valence-electron chi connectivity index (χ2n) is 5.43. The normalized spacial score (nSPS) is 23.2. The third-order valence-corrected chi connectivity index (χ3v) is 4.62. The summed E-state index contributed by atoms with van der Waals surface area (Å²) in [7, 11) is 3.86. The van der Waals surface area contributed by atoms with Crippen molar-refractivity contribution < 1.29 is 9.47 Å². The van der Waals surface area contributed by atoms with Crippen LogP contribution in [-0.4, -0.2) is 51.4 Å². The SMILES string of the molecule is CCCNCC1OCCN(C)C1c1cc(OC)ccc1Br. The molecule has 1 aliphatic heterocycles. The first-order valence-electron chi connectivity index (χ1n) is 7.53. The zero-order chi connectivity index (χ0) is 15.2. The fraction of sp³-hybridized carbons (Fsp3) is 0.625. The van der Waals surface area contributed by atoms with Gasteiger partial charge in [-0.2, -0.15) is 0 Å². The van der Waals surface area contributed by atoms with Crippen LogP contribution in [-0.2, 0) is 4.74 Å². The lowest BCUT2D eigenvalue weighted by atomic mass is 9.98. The molecule has 0 radical (unpaired) electrons. The fourth-order valence-electron chi connectivity index (χ4n) is 2.77. The van der Waals surface area contributed by atoms with E-state index in [1.54, 1.807) is 7.11 Å². The topological polar surface area (TPSA) is 33.7 Å². The van der Waals surface area contributed by atoms with Crippen LogP contribution in [0.4, 0.5) is 0 Å². The lowest BCUT2D eigenvalue weighted by Crippen LogP contribution is -2.47. The number of likely N-dealkylation sites (N-methyl/N-ethyl adjacent to an activating group) is 1. The van der Waals surface area contributed by atoms with Gasteiger partial charge in [0.25, 0.3) is 0 Å². The van der Waals surface area contributed by atoms with Crippen LogP contribution in [0, 0.1) is 0 Å². The Morgan fingerprint density at radius 2 is 2.29 bits per heavy atom. The van der Waals surface area contributed by atoms with Crippen molar-refractivity contribution in [2.45, 2.75) is 25.5 Å². The third-order valence-electron chi connectivity index (χ3n) is 3.90. The molecule has 1 saturated heterocycles. The Morgan fingerprint density at radius 3 is 3.00 bits per heavy atom. The van der Waals surface area contributed by atoms with Gasteiger partial charge in [0.1, 0.15) is 5.75 Å². The predicted octanol–water partition coefficient (Wildman–Crippen LogP) is 2.83. The Morgan fingerprint density at radius 1 is 1.48 bits per heavy atom. The van der Waals surface area contributed by atoms with E-state index in [9.17, 15) is 0 Å². The van der Waals surface area contributed by atoms with E-state index in [2.05, 4.69) is 46.2 Å². The number of ether oxygens (including phenoxy) is 2. The van der Waals surface area contributed by atoms with Gasteiger partial charge < -0.3 is 14.8 Å². The first-order valence-corrected chi connectivity index (χ1v) is 8.32. The van der Waals surface area contributed by atoms with Gasteiger partial charge in [0.2, 0.25) is 0 Å². The van der Waals surface area contributed by atoms with Crippen molar-refractivity contribution in [1.82, 2.24) is 10.2 Å².